The lowest BCUT2D eigenvalue weighted by Crippen LogP contribution is -2.36. The molecule has 5 rings (SSSR count). The Balaban J connectivity index is 1.69. The van der Waals surface area contributed by atoms with E-state index in [1.807, 2.05) is 43.4 Å². The van der Waals surface area contributed by atoms with Crippen molar-refractivity contribution in [3.8, 4) is 23.1 Å². The maximum atomic E-state index is 13.1. The van der Waals surface area contributed by atoms with Crippen molar-refractivity contribution in [3.63, 3.8) is 0 Å². The summed E-state index contributed by atoms with van der Waals surface area (Å²) in [6, 6.07) is 11.3. The Morgan fingerprint density at radius 1 is 1.16 bits per heavy atom. The number of H-pyrrole nitrogens is 1. The van der Waals surface area contributed by atoms with Crippen molar-refractivity contribution in [1.29, 1.82) is 0 Å². The van der Waals surface area contributed by atoms with Crippen LogP contribution in [0, 0.1) is 4.77 Å². The molecule has 0 saturated carbocycles. The number of nitrogens with one attached hydrogen (secondary N) is 1. The molecule has 3 aromatic rings. The molecule has 0 radical (unpaired) electrons. The van der Waals surface area contributed by atoms with Gasteiger partial charge in [-0.3, -0.25) is 19.2 Å². The highest BCUT2D eigenvalue weighted by Gasteiger charge is 2.34. The van der Waals surface area contributed by atoms with Crippen LogP contribution >= 0.6 is 12.2 Å². The van der Waals surface area contributed by atoms with Crippen LogP contribution in [0.25, 0.3) is 5.69 Å². The Morgan fingerprint density at radius 2 is 1.84 bits per heavy atom. The van der Waals surface area contributed by atoms with Crippen molar-refractivity contribution in [2.75, 3.05) is 20.4 Å². The Hall–Kier alpha value is -3.10. The third-order valence-corrected chi connectivity index (χ3v) is 6.60. The van der Waals surface area contributed by atoms with Gasteiger partial charge in [-0.15, -0.1) is 0 Å². The molecule has 2 N–H and O–H groups in total. The van der Waals surface area contributed by atoms with E-state index in [1.165, 1.54) is 10.1 Å². The molecular formula is C24H25N3O4S. The van der Waals surface area contributed by atoms with Crippen LogP contribution in [0.5, 0.6) is 17.4 Å². The number of hydrogen-bond donors (Lipinski definition) is 2. The zero-order valence-corrected chi connectivity index (χ0v) is 19.0. The smallest absolute Gasteiger partial charge is 0.260 e. The van der Waals surface area contributed by atoms with Crippen LogP contribution in [-0.2, 0) is 6.42 Å². The first kappa shape index (κ1) is 20.8. The fourth-order valence-electron chi connectivity index (χ4n) is 4.54. The van der Waals surface area contributed by atoms with Gasteiger partial charge in [0.25, 0.3) is 5.56 Å². The highest BCUT2D eigenvalue weighted by molar-refractivity contribution is 7.71. The van der Waals surface area contributed by atoms with E-state index >= 15 is 0 Å². The van der Waals surface area contributed by atoms with Crippen LogP contribution < -0.4 is 15.0 Å². The van der Waals surface area contributed by atoms with Gasteiger partial charge in [0.05, 0.1) is 17.3 Å². The molecule has 7 nitrogen and oxygen atoms in total. The summed E-state index contributed by atoms with van der Waals surface area (Å²) in [5.41, 5.74) is 3.73. The molecule has 2 aromatic carbocycles. The fourth-order valence-corrected chi connectivity index (χ4v) is 4.83. The van der Waals surface area contributed by atoms with Gasteiger partial charge in [-0.2, -0.15) is 0 Å². The van der Waals surface area contributed by atoms with E-state index in [-0.39, 0.29) is 23.0 Å². The average Bonchev–Trinajstić information content (AvgIpc) is 3.21. The number of likely N-dealkylation sites (N-methyl/N-ethyl adjacent to an activating group) is 1. The normalized spacial score (nSPS) is 17.6. The fraction of sp³-hybridized carbons (Fsp3) is 0.333. The van der Waals surface area contributed by atoms with Crippen molar-refractivity contribution in [2.45, 2.75) is 32.2 Å². The quantitative estimate of drug-likeness (QED) is 0.586. The molecule has 0 amide bonds. The van der Waals surface area contributed by atoms with Crippen LogP contribution in [0.3, 0.4) is 0 Å². The van der Waals surface area contributed by atoms with E-state index in [0.29, 0.717) is 23.1 Å². The number of benzene rings is 2. The molecule has 0 unspecified atom stereocenters. The Morgan fingerprint density at radius 3 is 2.53 bits per heavy atom. The number of aromatic amines is 1. The average molecular weight is 452 g/mol. The molecule has 166 valence electrons. The number of rotatable bonds is 3. The van der Waals surface area contributed by atoms with Crippen molar-refractivity contribution < 1.29 is 14.6 Å². The SMILES string of the molecule is CC(C)c1ccc(-n2c(O)c([C@@H]3c4cc5c(cc4CCN3C)OCO5)c(=O)[nH]c2=S)cc1. The van der Waals surface area contributed by atoms with Gasteiger partial charge in [-0.25, -0.2) is 0 Å². The summed E-state index contributed by atoms with van der Waals surface area (Å²) in [6.45, 7) is 5.16. The monoisotopic (exact) mass is 451 g/mol. The highest BCUT2D eigenvalue weighted by Crippen LogP contribution is 2.43. The van der Waals surface area contributed by atoms with Gasteiger partial charge in [0.2, 0.25) is 12.7 Å². The Kier molecular flexibility index (Phi) is 5.06. The standard InChI is InChI=1S/C24H25N3O4S/c1-13(2)14-4-6-16(7-5-14)27-23(29)20(22(28)25-24(27)32)21-17-11-19-18(30-12-31-19)10-15(17)8-9-26(21)3/h4-7,10-11,13,21,29H,8-9,12H2,1-3H3,(H,25,28,32)/t21-/m0/s1. The second-order valence-corrected chi connectivity index (χ2v) is 9.00. The molecule has 0 bridgehead atoms. The Labute approximate surface area is 190 Å². The maximum absolute atomic E-state index is 13.1. The number of nitrogens with zero attached hydrogens (tertiary/aromatic N) is 2. The van der Waals surface area contributed by atoms with Gasteiger partial charge >= 0.3 is 0 Å². The predicted molar refractivity (Wildman–Crippen MR) is 124 cm³/mol. The van der Waals surface area contributed by atoms with Gasteiger partial charge in [0.15, 0.2) is 16.3 Å². The minimum atomic E-state index is -0.450. The summed E-state index contributed by atoms with van der Waals surface area (Å²) < 4.78 is 12.8. The molecule has 0 spiro atoms. The molecule has 0 fully saturated rings. The highest BCUT2D eigenvalue weighted by atomic mass is 32.1. The predicted octanol–water partition coefficient (Wildman–Crippen LogP) is 4.03. The molecule has 2 aliphatic rings. The van der Waals surface area contributed by atoms with Crippen LogP contribution in [0.1, 0.15) is 48.1 Å². The van der Waals surface area contributed by atoms with Crippen molar-refractivity contribution >= 4 is 12.2 Å². The summed E-state index contributed by atoms with van der Waals surface area (Å²) in [7, 11) is 1.94. The number of hydrogen-bond acceptors (Lipinski definition) is 6. The van der Waals surface area contributed by atoms with Crippen LogP contribution in [-0.4, -0.2) is 39.9 Å². The lowest BCUT2D eigenvalue weighted by molar-refractivity contribution is 0.174. The second-order valence-electron chi connectivity index (χ2n) is 8.62. The number of fused-ring (bicyclic) bond motifs is 2. The van der Waals surface area contributed by atoms with E-state index in [9.17, 15) is 9.90 Å². The van der Waals surface area contributed by atoms with Crippen molar-refractivity contribution in [1.82, 2.24) is 14.5 Å². The molecule has 1 aromatic heterocycles. The summed E-state index contributed by atoms with van der Waals surface area (Å²) in [6.07, 6.45) is 0.813. The van der Waals surface area contributed by atoms with E-state index in [4.69, 9.17) is 21.7 Å². The third-order valence-electron chi connectivity index (χ3n) is 6.32. The lowest BCUT2D eigenvalue weighted by atomic mass is 9.88. The van der Waals surface area contributed by atoms with Gasteiger partial charge in [-0.05, 0) is 72.6 Å². The van der Waals surface area contributed by atoms with E-state index in [0.717, 1.165) is 24.1 Å². The zero-order chi connectivity index (χ0) is 22.6. The van der Waals surface area contributed by atoms with Gasteiger partial charge in [-0.1, -0.05) is 26.0 Å². The van der Waals surface area contributed by atoms with Crippen molar-refractivity contribution in [3.05, 3.63) is 73.8 Å². The summed E-state index contributed by atoms with van der Waals surface area (Å²) in [5.74, 6) is 1.60. The van der Waals surface area contributed by atoms with Gasteiger partial charge < -0.3 is 14.6 Å². The molecule has 0 saturated heterocycles. The van der Waals surface area contributed by atoms with E-state index in [1.54, 1.807) is 0 Å². The molecule has 32 heavy (non-hydrogen) atoms. The van der Waals surface area contributed by atoms with Gasteiger partial charge in [0.1, 0.15) is 0 Å². The molecule has 2 aliphatic heterocycles. The summed E-state index contributed by atoms with van der Waals surface area (Å²) in [5, 5.41) is 11.4. The zero-order valence-electron chi connectivity index (χ0n) is 18.2. The topological polar surface area (TPSA) is 79.7 Å². The summed E-state index contributed by atoms with van der Waals surface area (Å²) in [4.78, 5) is 17.9. The van der Waals surface area contributed by atoms with Crippen LogP contribution in [0.4, 0.5) is 0 Å². The minimum absolute atomic E-state index is 0.151. The van der Waals surface area contributed by atoms with Gasteiger partial charge in [0, 0.05) is 6.54 Å². The first-order valence-electron chi connectivity index (χ1n) is 10.7. The molecule has 3 heterocycles. The van der Waals surface area contributed by atoms with E-state index in [2.05, 4.69) is 23.7 Å². The number of aromatic nitrogens is 2. The summed E-state index contributed by atoms with van der Waals surface area (Å²) >= 11 is 5.42. The lowest BCUT2D eigenvalue weighted by Gasteiger charge is -2.35. The maximum Gasteiger partial charge on any atom is 0.260 e. The van der Waals surface area contributed by atoms with Crippen molar-refractivity contribution in [2.24, 2.45) is 0 Å². The third kappa shape index (κ3) is 3.30. The minimum Gasteiger partial charge on any atom is -0.494 e. The molecular weight excluding hydrogens is 426 g/mol. The number of ether oxygens (including phenoxy) is 2. The Bertz CT molecular complexity index is 1310. The van der Waals surface area contributed by atoms with Crippen LogP contribution in [0.15, 0.2) is 41.2 Å². The molecule has 8 heteroatoms. The van der Waals surface area contributed by atoms with Crippen LogP contribution in [0.2, 0.25) is 0 Å². The largest absolute Gasteiger partial charge is 0.494 e. The first-order chi connectivity index (χ1) is 15.3. The molecule has 1 atom stereocenters. The number of aromatic hydroxyl groups is 1. The second kappa shape index (κ2) is 7.79. The first-order valence-corrected chi connectivity index (χ1v) is 11.1. The molecule has 0 aliphatic carbocycles. The van der Waals surface area contributed by atoms with E-state index < -0.39 is 11.6 Å².